The van der Waals surface area contributed by atoms with Crippen molar-refractivity contribution in [3.8, 4) is 11.9 Å². The maximum Gasteiger partial charge on any atom is 0.240 e. The number of fused-ring (bicyclic) bond motifs is 6. The molecular formula is C27H25N5O4. The number of carbonyl (C=O) groups excluding carboxylic acids is 2. The van der Waals surface area contributed by atoms with Crippen LogP contribution in [-0.4, -0.2) is 39.6 Å². The molecule has 0 aliphatic carbocycles. The summed E-state index contributed by atoms with van der Waals surface area (Å²) in [6.07, 6.45) is 1.79. The van der Waals surface area contributed by atoms with Crippen molar-refractivity contribution in [2.45, 2.75) is 44.3 Å². The Labute approximate surface area is 207 Å². The minimum absolute atomic E-state index is 0.135. The van der Waals surface area contributed by atoms with Crippen LogP contribution in [0.5, 0.6) is 5.88 Å². The molecule has 0 unspecified atom stereocenters. The molecular weight excluding hydrogens is 458 g/mol. The van der Waals surface area contributed by atoms with Crippen LogP contribution < -0.4 is 15.4 Å². The number of carbonyl (C=O) groups is 2. The molecule has 2 bridgehead atoms. The molecule has 3 aliphatic rings. The molecule has 3 aliphatic heterocycles. The molecule has 1 aromatic heterocycles. The summed E-state index contributed by atoms with van der Waals surface area (Å²) in [4.78, 5) is 37.2. The normalized spacial score (nSPS) is 28.5. The minimum atomic E-state index is -0.795. The number of aromatic nitrogens is 2. The highest BCUT2D eigenvalue weighted by atomic mass is 16.5. The Kier molecular flexibility index (Phi) is 4.82. The Balaban J connectivity index is 1.33. The second-order valence-corrected chi connectivity index (χ2v) is 10.0. The van der Waals surface area contributed by atoms with Crippen molar-refractivity contribution in [3.63, 3.8) is 0 Å². The van der Waals surface area contributed by atoms with E-state index < -0.39 is 23.0 Å². The summed E-state index contributed by atoms with van der Waals surface area (Å²) in [7, 11) is 0. The predicted molar refractivity (Wildman–Crippen MR) is 131 cm³/mol. The van der Waals surface area contributed by atoms with Gasteiger partial charge >= 0.3 is 0 Å². The molecule has 3 fully saturated rings. The number of hydrogen-bond donors (Lipinski definition) is 1. The lowest BCUT2D eigenvalue weighted by Crippen LogP contribution is -2.43. The lowest BCUT2D eigenvalue weighted by atomic mass is 9.67. The van der Waals surface area contributed by atoms with E-state index in [1.807, 2.05) is 31.2 Å². The molecule has 182 valence electrons. The summed E-state index contributed by atoms with van der Waals surface area (Å²) in [5.74, 6) is -1.17. The maximum absolute atomic E-state index is 13.9. The van der Waals surface area contributed by atoms with Crippen molar-refractivity contribution < 1.29 is 19.1 Å². The lowest BCUT2D eigenvalue weighted by molar-refractivity contribution is -0.131. The summed E-state index contributed by atoms with van der Waals surface area (Å²) in [6.45, 7) is 4.00. The summed E-state index contributed by atoms with van der Waals surface area (Å²) in [6, 6.07) is 14.6. The molecule has 4 heterocycles. The van der Waals surface area contributed by atoms with Crippen LogP contribution in [0.4, 0.5) is 11.6 Å². The smallest absolute Gasteiger partial charge is 0.240 e. The van der Waals surface area contributed by atoms with E-state index in [0.717, 1.165) is 0 Å². The monoisotopic (exact) mass is 483 g/mol. The van der Waals surface area contributed by atoms with Crippen molar-refractivity contribution in [3.05, 3.63) is 53.7 Å². The quantitative estimate of drug-likeness (QED) is 0.547. The van der Waals surface area contributed by atoms with Crippen LogP contribution in [-0.2, 0) is 14.3 Å². The van der Waals surface area contributed by atoms with Gasteiger partial charge in [-0.3, -0.25) is 9.59 Å². The van der Waals surface area contributed by atoms with Gasteiger partial charge in [0.2, 0.25) is 23.6 Å². The number of nitrogens with zero attached hydrogens (tertiary/aromatic N) is 4. The molecule has 0 saturated carbocycles. The molecule has 2 N–H and O–H groups in total. The van der Waals surface area contributed by atoms with E-state index in [1.54, 1.807) is 25.1 Å². The zero-order valence-electron chi connectivity index (χ0n) is 20.0. The fourth-order valence-electron chi connectivity index (χ4n) is 6.39. The maximum atomic E-state index is 13.9. The Morgan fingerprint density at radius 2 is 1.89 bits per heavy atom. The molecule has 9 nitrogen and oxygen atoms in total. The first-order chi connectivity index (χ1) is 17.3. The Bertz CT molecular complexity index is 1460. The molecule has 36 heavy (non-hydrogen) atoms. The standard InChI is InChI=1S/C27H25N5O4/c1-15-13-20(31-25(29)30-15)35-12-11-27-10-9-26(2,36-27)21-22(27)24(34)32(23(21)33)19-8-7-16(14-28)17-5-3-4-6-18(17)19/h3-8,13,21-22H,9-12H2,1-2H3,(H2,29,30,31)/t21-,22+,26-,27-/m0/s1. The van der Waals surface area contributed by atoms with Gasteiger partial charge in [0.15, 0.2) is 0 Å². The largest absolute Gasteiger partial charge is 0.477 e. The van der Waals surface area contributed by atoms with Crippen LogP contribution in [0.1, 0.15) is 37.4 Å². The molecule has 2 amide bonds. The third-order valence-corrected chi connectivity index (χ3v) is 7.90. The number of amides is 2. The number of nitriles is 1. The third kappa shape index (κ3) is 3.11. The van der Waals surface area contributed by atoms with Crippen LogP contribution in [0, 0.1) is 30.1 Å². The van der Waals surface area contributed by atoms with E-state index in [9.17, 15) is 14.9 Å². The minimum Gasteiger partial charge on any atom is -0.477 e. The zero-order valence-corrected chi connectivity index (χ0v) is 20.0. The summed E-state index contributed by atoms with van der Waals surface area (Å²) >= 11 is 0. The first-order valence-corrected chi connectivity index (χ1v) is 12.0. The fourth-order valence-corrected chi connectivity index (χ4v) is 6.39. The molecule has 6 rings (SSSR count). The topological polar surface area (TPSA) is 131 Å². The number of nitrogen functional groups attached to an aromatic ring is 1. The summed E-state index contributed by atoms with van der Waals surface area (Å²) in [5.41, 5.74) is 5.92. The summed E-state index contributed by atoms with van der Waals surface area (Å²) in [5, 5.41) is 10.9. The number of benzene rings is 2. The van der Waals surface area contributed by atoms with Crippen LogP contribution >= 0.6 is 0 Å². The van der Waals surface area contributed by atoms with Crippen molar-refractivity contribution in [2.24, 2.45) is 11.8 Å². The lowest BCUT2D eigenvalue weighted by Gasteiger charge is -2.31. The van der Waals surface area contributed by atoms with Crippen molar-refractivity contribution in [1.82, 2.24) is 9.97 Å². The molecule has 0 spiro atoms. The number of ether oxygens (including phenoxy) is 2. The fraction of sp³-hybridized carbons (Fsp3) is 0.370. The molecule has 3 aromatic rings. The summed E-state index contributed by atoms with van der Waals surface area (Å²) < 4.78 is 12.4. The number of nitrogens with two attached hydrogens (primary N) is 1. The predicted octanol–water partition coefficient (Wildman–Crippen LogP) is 3.29. The van der Waals surface area contributed by atoms with E-state index in [1.165, 1.54) is 4.90 Å². The van der Waals surface area contributed by atoms with Gasteiger partial charge in [-0.05, 0) is 38.8 Å². The first kappa shape index (κ1) is 22.4. The van der Waals surface area contributed by atoms with Crippen molar-refractivity contribution in [2.75, 3.05) is 17.2 Å². The second kappa shape index (κ2) is 7.73. The number of aryl methyl sites for hydroxylation is 1. The van der Waals surface area contributed by atoms with E-state index >= 15 is 0 Å². The van der Waals surface area contributed by atoms with Gasteiger partial charge < -0.3 is 15.2 Å². The van der Waals surface area contributed by atoms with Gasteiger partial charge in [-0.1, -0.05) is 24.3 Å². The number of anilines is 2. The number of rotatable bonds is 5. The second-order valence-electron chi connectivity index (χ2n) is 10.0. The SMILES string of the molecule is Cc1cc(OCC[C@]23CC[C@](C)(O2)[C@@H]2C(=O)N(c4ccc(C#N)c5ccccc45)C(=O)[C@@H]23)nc(N)n1. The molecule has 2 aromatic carbocycles. The van der Waals surface area contributed by atoms with E-state index in [2.05, 4.69) is 16.0 Å². The van der Waals surface area contributed by atoms with Gasteiger partial charge in [0.05, 0.1) is 47.0 Å². The number of imide groups is 1. The Morgan fingerprint density at radius 1 is 1.14 bits per heavy atom. The molecule has 0 radical (unpaired) electrons. The van der Waals surface area contributed by atoms with Crippen molar-refractivity contribution >= 4 is 34.2 Å². The Morgan fingerprint density at radius 3 is 2.64 bits per heavy atom. The van der Waals surface area contributed by atoms with Gasteiger partial charge in [-0.15, -0.1) is 0 Å². The van der Waals surface area contributed by atoms with Crippen LogP contribution in [0.3, 0.4) is 0 Å². The van der Waals surface area contributed by atoms with E-state index in [-0.39, 0.29) is 24.4 Å². The number of hydrogen-bond acceptors (Lipinski definition) is 8. The molecule has 3 saturated heterocycles. The van der Waals surface area contributed by atoms with Gasteiger partial charge in [-0.2, -0.15) is 10.2 Å². The van der Waals surface area contributed by atoms with Crippen molar-refractivity contribution in [1.29, 1.82) is 5.26 Å². The zero-order chi connectivity index (χ0) is 25.2. The van der Waals surface area contributed by atoms with E-state index in [0.29, 0.717) is 52.9 Å². The average molecular weight is 484 g/mol. The Hall–Kier alpha value is -4.03. The van der Waals surface area contributed by atoms with Gasteiger partial charge in [0.1, 0.15) is 0 Å². The van der Waals surface area contributed by atoms with Gasteiger partial charge in [-0.25, -0.2) is 9.88 Å². The van der Waals surface area contributed by atoms with Crippen LogP contribution in [0.2, 0.25) is 0 Å². The molecule has 9 heteroatoms. The molecule has 4 atom stereocenters. The highest BCUT2D eigenvalue weighted by Gasteiger charge is 2.73. The highest BCUT2D eigenvalue weighted by molar-refractivity contribution is 6.26. The van der Waals surface area contributed by atoms with Crippen LogP contribution in [0.25, 0.3) is 10.8 Å². The highest BCUT2D eigenvalue weighted by Crippen LogP contribution is 2.62. The van der Waals surface area contributed by atoms with Gasteiger partial charge in [0.25, 0.3) is 0 Å². The third-order valence-electron chi connectivity index (χ3n) is 7.90. The first-order valence-electron chi connectivity index (χ1n) is 12.0. The average Bonchev–Trinajstić information content (AvgIpc) is 3.42. The van der Waals surface area contributed by atoms with Gasteiger partial charge in [0, 0.05) is 29.0 Å². The van der Waals surface area contributed by atoms with Crippen LogP contribution in [0.15, 0.2) is 42.5 Å². The van der Waals surface area contributed by atoms with E-state index in [4.69, 9.17) is 15.2 Å².